The zero-order valence-electron chi connectivity index (χ0n) is 14.0. The molecule has 1 aliphatic rings. The predicted octanol–water partition coefficient (Wildman–Crippen LogP) is 3.34. The van der Waals surface area contributed by atoms with Gasteiger partial charge in [-0.2, -0.15) is 0 Å². The second-order valence-corrected chi connectivity index (χ2v) is 5.75. The maximum absolute atomic E-state index is 9.10. The van der Waals surface area contributed by atoms with Crippen LogP contribution in [0.3, 0.4) is 0 Å². The highest BCUT2D eigenvalue weighted by atomic mass is 16.4. The Morgan fingerprint density at radius 2 is 1.65 bits per heavy atom. The lowest BCUT2D eigenvalue weighted by atomic mass is 9.86. The first-order chi connectivity index (χ1) is 11.0. The summed E-state index contributed by atoms with van der Waals surface area (Å²) in [4.78, 5) is 20.9. The average Bonchev–Trinajstić information content (AvgIpc) is 2.54. The summed E-state index contributed by atoms with van der Waals surface area (Å²) < 4.78 is 0. The minimum absolute atomic E-state index is 0.680. The maximum atomic E-state index is 9.10. The van der Waals surface area contributed by atoms with Gasteiger partial charge >= 0.3 is 11.9 Å². The van der Waals surface area contributed by atoms with Crippen LogP contribution < -0.4 is 0 Å². The fourth-order valence-electron chi connectivity index (χ4n) is 3.11. The Balaban J connectivity index is 0.000000379. The molecule has 0 radical (unpaired) electrons. The van der Waals surface area contributed by atoms with Gasteiger partial charge in [0, 0.05) is 6.04 Å². The van der Waals surface area contributed by atoms with Crippen LogP contribution in [-0.4, -0.2) is 40.1 Å². The van der Waals surface area contributed by atoms with Gasteiger partial charge in [-0.25, -0.2) is 9.59 Å². The van der Waals surface area contributed by atoms with E-state index in [0.717, 1.165) is 0 Å². The third-order valence-electron chi connectivity index (χ3n) is 3.98. The molecule has 128 valence electrons. The first-order valence-corrected chi connectivity index (χ1v) is 8.29. The highest BCUT2D eigenvalue weighted by molar-refractivity contribution is 6.27. The lowest BCUT2D eigenvalue weighted by Crippen LogP contribution is -2.32. The summed E-state index contributed by atoms with van der Waals surface area (Å²) in [5.74, 6) is -3.65. The molecular weight excluding hydrogens is 294 g/mol. The van der Waals surface area contributed by atoms with Gasteiger partial charge in [0.25, 0.3) is 0 Å². The lowest BCUT2D eigenvalue weighted by molar-refractivity contribution is -0.159. The molecular formula is C18H27NO4. The quantitative estimate of drug-likeness (QED) is 0.813. The van der Waals surface area contributed by atoms with Gasteiger partial charge in [-0.3, -0.25) is 4.90 Å². The van der Waals surface area contributed by atoms with E-state index in [1.807, 2.05) is 0 Å². The van der Waals surface area contributed by atoms with Gasteiger partial charge in [0.2, 0.25) is 0 Å². The molecule has 0 bridgehead atoms. The zero-order valence-corrected chi connectivity index (χ0v) is 14.0. The van der Waals surface area contributed by atoms with E-state index in [1.54, 1.807) is 11.1 Å². The Morgan fingerprint density at radius 3 is 2.17 bits per heavy atom. The first-order valence-electron chi connectivity index (χ1n) is 8.29. The lowest BCUT2D eigenvalue weighted by Gasteiger charge is -2.35. The Morgan fingerprint density at radius 1 is 1.09 bits per heavy atom. The van der Waals surface area contributed by atoms with Crippen molar-refractivity contribution < 1.29 is 19.8 Å². The van der Waals surface area contributed by atoms with Gasteiger partial charge in [-0.1, -0.05) is 38.1 Å². The number of hydrogen-bond donors (Lipinski definition) is 2. The molecule has 0 amide bonds. The van der Waals surface area contributed by atoms with Crippen LogP contribution in [0.4, 0.5) is 0 Å². The van der Waals surface area contributed by atoms with Crippen molar-refractivity contribution in [2.45, 2.75) is 52.0 Å². The topological polar surface area (TPSA) is 77.8 Å². The molecule has 1 aromatic rings. The van der Waals surface area contributed by atoms with E-state index in [4.69, 9.17) is 19.8 Å². The van der Waals surface area contributed by atoms with Crippen LogP contribution >= 0.6 is 0 Å². The van der Waals surface area contributed by atoms with Crippen LogP contribution in [0.15, 0.2) is 24.3 Å². The van der Waals surface area contributed by atoms with Crippen LogP contribution in [0.25, 0.3) is 0 Å². The van der Waals surface area contributed by atoms with Crippen molar-refractivity contribution in [3.05, 3.63) is 35.4 Å². The van der Waals surface area contributed by atoms with E-state index in [1.165, 1.54) is 45.2 Å². The molecule has 0 fully saturated rings. The highest BCUT2D eigenvalue weighted by Gasteiger charge is 2.24. The largest absolute Gasteiger partial charge is 0.473 e. The van der Waals surface area contributed by atoms with Gasteiger partial charge in [0.05, 0.1) is 0 Å². The summed E-state index contributed by atoms with van der Waals surface area (Å²) in [6.45, 7) is 7.06. The molecule has 0 saturated heterocycles. The smallest absolute Gasteiger partial charge is 0.414 e. The molecule has 2 rings (SSSR count). The summed E-state index contributed by atoms with van der Waals surface area (Å²) in [5, 5.41) is 14.8. The minimum atomic E-state index is -1.82. The Labute approximate surface area is 137 Å². The van der Waals surface area contributed by atoms with Gasteiger partial charge in [-0.15, -0.1) is 0 Å². The molecule has 0 aromatic heterocycles. The Kier molecular flexibility index (Phi) is 8.33. The number of nitrogens with zero attached hydrogens (tertiary/aromatic N) is 1. The van der Waals surface area contributed by atoms with Crippen molar-refractivity contribution in [1.29, 1.82) is 0 Å². The number of aryl methyl sites for hydroxylation is 1. The standard InChI is InChI=1S/C16H25N.C2H2O4/c1-3-12-17(13-4-2)16-11-7-9-14-8-5-6-10-15(14)16;3-1(4)2(5)6/h5-6,8,10,16H,3-4,7,9,11-13H2,1-2H3;(H,3,4)(H,5,6). The van der Waals surface area contributed by atoms with Gasteiger partial charge in [0.1, 0.15) is 0 Å². The minimum Gasteiger partial charge on any atom is -0.473 e. The monoisotopic (exact) mass is 321 g/mol. The number of carboxylic acid groups (broad SMARTS) is 2. The first kappa shape index (κ1) is 19.2. The molecule has 1 aliphatic carbocycles. The van der Waals surface area contributed by atoms with Crippen LogP contribution in [0, 0.1) is 0 Å². The summed E-state index contributed by atoms with van der Waals surface area (Å²) in [7, 11) is 0. The molecule has 0 heterocycles. The molecule has 0 spiro atoms. The van der Waals surface area contributed by atoms with Crippen LogP contribution in [0.2, 0.25) is 0 Å². The molecule has 1 unspecified atom stereocenters. The molecule has 0 saturated carbocycles. The third kappa shape index (κ3) is 6.02. The van der Waals surface area contributed by atoms with Crippen molar-refractivity contribution in [3.8, 4) is 0 Å². The van der Waals surface area contributed by atoms with Crippen molar-refractivity contribution in [2.75, 3.05) is 13.1 Å². The maximum Gasteiger partial charge on any atom is 0.414 e. The van der Waals surface area contributed by atoms with E-state index in [-0.39, 0.29) is 0 Å². The fraction of sp³-hybridized carbons (Fsp3) is 0.556. The Bertz CT molecular complexity index is 497. The van der Waals surface area contributed by atoms with Crippen molar-refractivity contribution >= 4 is 11.9 Å². The molecule has 5 heteroatoms. The number of rotatable bonds is 5. The van der Waals surface area contributed by atoms with Crippen LogP contribution in [-0.2, 0) is 16.0 Å². The molecule has 1 aromatic carbocycles. The van der Waals surface area contributed by atoms with Crippen molar-refractivity contribution in [2.24, 2.45) is 0 Å². The number of carbonyl (C=O) groups is 2. The van der Waals surface area contributed by atoms with Crippen molar-refractivity contribution in [3.63, 3.8) is 0 Å². The van der Waals surface area contributed by atoms with E-state index < -0.39 is 11.9 Å². The predicted molar refractivity (Wildman–Crippen MR) is 89.5 cm³/mol. The van der Waals surface area contributed by atoms with Gasteiger partial charge < -0.3 is 10.2 Å². The Hall–Kier alpha value is -1.88. The van der Waals surface area contributed by atoms with E-state index >= 15 is 0 Å². The second kappa shape index (κ2) is 10.0. The summed E-state index contributed by atoms with van der Waals surface area (Å²) >= 11 is 0. The fourth-order valence-corrected chi connectivity index (χ4v) is 3.11. The molecule has 1 atom stereocenters. The van der Waals surface area contributed by atoms with Gasteiger partial charge in [0.15, 0.2) is 0 Å². The summed E-state index contributed by atoms with van der Waals surface area (Å²) in [6.07, 6.45) is 6.50. The van der Waals surface area contributed by atoms with E-state index in [2.05, 4.69) is 43.0 Å². The number of hydrogen-bond acceptors (Lipinski definition) is 3. The average molecular weight is 321 g/mol. The summed E-state index contributed by atoms with van der Waals surface area (Å²) in [6, 6.07) is 9.73. The number of aliphatic carboxylic acids is 2. The molecule has 2 N–H and O–H groups in total. The highest BCUT2D eigenvalue weighted by Crippen LogP contribution is 2.34. The normalized spacial score (nSPS) is 16.2. The summed E-state index contributed by atoms with van der Waals surface area (Å²) in [5.41, 5.74) is 3.18. The van der Waals surface area contributed by atoms with Gasteiger partial charge in [-0.05, 0) is 56.3 Å². The zero-order chi connectivity index (χ0) is 17.2. The number of benzene rings is 1. The number of carboxylic acids is 2. The molecule has 23 heavy (non-hydrogen) atoms. The molecule has 5 nitrogen and oxygen atoms in total. The van der Waals surface area contributed by atoms with Crippen molar-refractivity contribution in [1.82, 2.24) is 4.90 Å². The SMILES string of the molecule is CCCN(CCC)C1CCCc2ccccc21.O=C(O)C(=O)O. The van der Waals surface area contributed by atoms with Crippen LogP contribution in [0.5, 0.6) is 0 Å². The number of fused-ring (bicyclic) bond motifs is 1. The van der Waals surface area contributed by atoms with Crippen LogP contribution in [0.1, 0.15) is 56.7 Å². The second-order valence-electron chi connectivity index (χ2n) is 5.75. The third-order valence-corrected chi connectivity index (χ3v) is 3.98. The molecule has 0 aliphatic heterocycles. The van der Waals surface area contributed by atoms with E-state index in [0.29, 0.717) is 6.04 Å². The van der Waals surface area contributed by atoms with E-state index in [9.17, 15) is 0 Å².